The first-order valence-corrected chi connectivity index (χ1v) is 3.44. The Balaban J connectivity index is 3.40. The summed E-state index contributed by atoms with van der Waals surface area (Å²) in [7, 11) is 0. The van der Waals surface area contributed by atoms with Crippen molar-refractivity contribution in [2.75, 3.05) is 0 Å². The van der Waals surface area contributed by atoms with E-state index in [9.17, 15) is 18.0 Å². The van der Waals surface area contributed by atoms with E-state index in [1.807, 2.05) is 0 Å². The molecule has 0 aliphatic heterocycles. The van der Waals surface area contributed by atoms with Gasteiger partial charge in [0.15, 0.2) is 12.1 Å². The molecule has 72 valence electrons. The summed E-state index contributed by atoms with van der Waals surface area (Å²) in [6.45, 7) is 0. The van der Waals surface area contributed by atoms with Gasteiger partial charge in [-0.05, 0) is 6.07 Å². The average molecular weight is 200 g/mol. The maximum absolute atomic E-state index is 12.8. The number of rotatable bonds is 2. The fourth-order valence-electron chi connectivity index (χ4n) is 0.856. The highest BCUT2D eigenvalue weighted by atomic mass is 19.3. The molecular weight excluding hydrogens is 197 g/mol. The predicted octanol–water partition coefficient (Wildman–Crippen LogP) is 1.84. The Morgan fingerprint density at radius 3 is 2.64 bits per heavy atom. The number of hydrogen-bond donors (Lipinski definition) is 0. The molecule has 3 nitrogen and oxygen atoms in total. The highest BCUT2D eigenvalue weighted by Gasteiger charge is 2.18. The molecule has 0 aliphatic carbocycles. The molecule has 0 amide bonds. The summed E-state index contributed by atoms with van der Waals surface area (Å²) in [5.41, 5.74) is -2.09. The zero-order valence-corrected chi connectivity index (χ0v) is 6.67. The Labute approximate surface area is 76.8 Å². The van der Waals surface area contributed by atoms with Crippen LogP contribution < -0.4 is 0 Å². The summed E-state index contributed by atoms with van der Waals surface area (Å²) >= 11 is 0. The van der Waals surface area contributed by atoms with E-state index in [1.54, 1.807) is 0 Å². The van der Waals surface area contributed by atoms with Gasteiger partial charge in [-0.2, -0.15) is 5.26 Å². The second-order valence-electron chi connectivity index (χ2n) is 2.32. The van der Waals surface area contributed by atoms with Crippen molar-refractivity contribution in [2.24, 2.45) is 0 Å². The van der Waals surface area contributed by atoms with Crippen molar-refractivity contribution in [3.8, 4) is 6.07 Å². The molecule has 0 saturated carbocycles. The lowest BCUT2D eigenvalue weighted by Gasteiger charge is -2.02. The van der Waals surface area contributed by atoms with Gasteiger partial charge in [-0.1, -0.05) is 0 Å². The van der Waals surface area contributed by atoms with E-state index in [0.717, 1.165) is 0 Å². The van der Waals surface area contributed by atoms with Crippen LogP contribution in [-0.2, 0) is 0 Å². The van der Waals surface area contributed by atoms with Gasteiger partial charge in [-0.3, -0.25) is 4.79 Å². The Bertz CT molecular complexity index is 412. The van der Waals surface area contributed by atoms with Crippen LogP contribution in [0.25, 0.3) is 0 Å². The predicted molar refractivity (Wildman–Crippen MR) is 39.3 cm³/mol. The van der Waals surface area contributed by atoms with Crippen molar-refractivity contribution < 1.29 is 18.0 Å². The van der Waals surface area contributed by atoms with Gasteiger partial charge >= 0.3 is 0 Å². The van der Waals surface area contributed by atoms with E-state index in [0.29, 0.717) is 6.07 Å². The Kier molecular flexibility index (Phi) is 2.82. The standard InChI is InChI=1S/C8H3F3N2O/c9-5-1-4(8(10)11)6(2-12)13-7(5)3-14/h1,3,8H. The third kappa shape index (κ3) is 1.71. The quantitative estimate of drug-likeness (QED) is 0.684. The van der Waals surface area contributed by atoms with Crippen molar-refractivity contribution in [2.45, 2.75) is 6.43 Å². The Morgan fingerprint density at radius 1 is 1.57 bits per heavy atom. The van der Waals surface area contributed by atoms with Gasteiger partial charge in [0.05, 0.1) is 5.56 Å². The molecule has 1 aromatic rings. The third-order valence-corrected chi connectivity index (χ3v) is 1.49. The monoisotopic (exact) mass is 200 g/mol. The molecule has 1 rings (SSSR count). The number of carbonyl (C=O) groups is 1. The molecule has 0 fully saturated rings. The molecule has 0 saturated heterocycles. The number of aromatic nitrogens is 1. The van der Waals surface area contributed by atoms with Crippen LogP contribution in [0.3, 0.4) is 0 Å². The van der Waals surface area contributed by atoms with Crippen molar-refractivity contribution in [1.82, 2.24) is 4.98 Å². The summed E-state index contributed by atoms with van der Waals surface area (Å²) in [5.74, 6) is -1.16. The first-order valence-electron chi connectivity index (χ1n) is 3.44. The third-order valence-electron chi connectivity index (χ3n) is 1.49. The van der Waals surface area contributed by atoms with Crippen LogP contribution in [0, 0.1) is 17.1 Å². The lowest BCUT2D eigenvalue weighted by Crippen LogP contribution is -2.01. The average Bonchev–Trinajstić information content (AvgIpc) is 2.17. The summed E-state index contributed by atoms with van der Waals surface area (Å²) in [4.78, 5) is 13.3. The minimum atomic E-state index is -2.99. The highest BCUT2D eigenvalue weighted by Crippen LogP contribution is 2.22. The summed E-state index contributed by atoms with van der Waals surface area (Å²) < 4.78 is 37.2. The molecule has 0 aromatic carbocycles. The maximum Gasteiger partial charge on any atom is 0.266 e. The summed E-state index contributed by atoms with van der Waals surface area (Å²) in [6, 6.07) is 1.81. The Morgan fingerprint density at radius 2 is 2.21 bits per heavy atom. The van der Waals surface area contributed by atoms with E-state index in [-0.39, 0.29) is 6.29 Å². The molecule has 1 aromatic heterocycles. The molecule has 14 heavy (non-hydrogen) atoms. The second kappa shape index (κ2) is 3.87. The molecule has 6 heteroatoms. The smallest absolute Gasteiger partial charge is 0.266 e. The molecule has 0 N–H and O–H groups in total. The summed E-state index contributed by atoms with van der Waals surface area (Å²) in [5, 5.41) is 8.39. The van der Waals surface area contributed by atoms with Gasteiger partial charge < -0.3 is 0 Å². The summed E-state index contributed by atoms with van der Waals surface area (Å²) in [6.07, 6.45) is -2.93. The maximum atomic E-state index is 12.8. The molecule has 0 radical (unpaired) electrons. The zero-order chi connectivity index (χ0) is 10.7. The van der Waals surface area contributed by atoms with E-state index in [1.165, 1.54) is 6.07 Å². The van der Waals surface area contributed by atoms with Gasteiger partial charge in [0.1, 0.15) is 17.5 Å². The number of carbonyl (C=O) groups excluding carboxylic acids is 1. The van der Waals surface area contributed by atoms with Gasteiger partial charge in [0.25, 0.3) is 6.43 Å². The molecule has 0 spiro atoms. The number of pyridine rings is 1. The molecular formula is C8H3F3N2O. The van der Waals surface area contributed by atoms with E-state index < -0.39 is 29.2 Å². The second-order valence-corrected chi connectivity index (χ2v) is 2.32. The number of hydrogen-bond acceptors (Lipinski definition) is 3. The number of nitrogens with zero attached hydrogens (tertiary/aromatic N) is 2. The number of alkyl halides is 2. The lowest BCUT2D eigenvalue weighted by atomic mass is 10.2. The van der Waals surface area contributed by atoms with Crippen molar-refractivity contribution in [3.05, 3.63) is 28.8 Å². The van der Waals surface area contributed by atoms with Crippen LogP contribution in [-0.4, -0.2) is 11.3 Å². The highest BCUT2D eigenvalue weighted by molar-refractivity contribution is 5.72. The molecule has 1 heterocycles. The van der Waals surface area contributed by atoms with Crippen LogP contribution in [0.2, 0.25) is 0 Å². The van der Waals surface area contributed by atoms with E-state index in [4.69, 9.17) is 5.26 Å². The zero-order valence-electron chi connectivity index (χ0n) is 6.67. The molecule has 0 bridgehead atoms. The Hall–Kier alpha value is -1.90. The van der Waals surface area contributed by atoms with E-state index in [2.05, 4.69) is 4.98 Å². The van der Waals surface area contributed by atoms with Crippen molar-refractivity contribution in [1.29, 1.82) is 5.26 Å². The van der Waals surface area contributed by atoms with Crippen LogP contribution in [0.15, 0.2) is 6.07 Å². The topological polar surface area (TPSA) is 53.8 Å². The largest absolute Gasteiger partial charge is 0.296 e. The minimum Gasteiger partial charge on any atom is -0.296 e. The SMILES string of the molecule is N#Cc1nc(C=O)c(F)cc1C(F)F. The van der Waals surface area contributed by atoms with Crippen LogP contribution in [0.5, 0.6) is 0 Å². The first kappa shape index (κ1) is 10.2. The van der Waals surface area contributed by atoms with Gasteiger partial charge in [0, 0.05) is 0 Å². The molecule has 0 unspecified atom stereocenters. The normalized spacial score (nSPS) is 9.93. The van der Waals surface area contributed by atoms with E-state index >= 15 is 0 Å². The van der Waals surface area contributed by atoms with Crippen LogP contribution in [0.4, 0.5) is 13.2 Å². The van der Waals surface area contributed by atoms with Crippen LogP contribution >= 0.6 is 0 Å². The first-order chi connectivity index (χ1) is 6.60. The van der Waals surface area contributed by atoms with Gasteiger partial charge in [-0.15, -0.1) is 0 Å². The van der Waals surface area contributed by atoms with Gasteiger partial charge in [0.2, 0.25) is 0 Å². The van der Waals surface area contributed by atoms with Crippen LogP contribution in [0.1, 0.15) is 28.2 Å². The molecule has 0 atom stereocenters. The van der Waals surface area contributed by atoms with Gasteiger partial charge in [-0.25, -0.2) is 18.2 Å². The number of halogens is 3. The lowest BCUT2D eigenvalue weighted by molar-refractivity contribution is 0.111. The molecule has 0 aliphatic rings. The van der Waals surface area contributed by atoms with Crippen molar-refractivity contribution >= 4 is 6.29 Å². The van der Waals surface area contributed by atoms with Crippen molar-refractivity contribution in [3.63, 3.8) is 0 Å². The minimum absolute atomic E-state index is 0.0609. The fourth-order valence-corrected chi connectivity index (χ4v) is 0.856. The fraction of sp³-hybridized carbons (Fsp3) is 0.125. The number of nitriles is 1. The number of aldehydes is 1.